The largest absolute Gasteiger partial charge is 0.351 e. The van der Waals surface area contributed by atoms with E-state index >= 15 is 0 Å². The lowest BCUT2D eigenvalue weighted by Crippen LogP contribution is -2.04. The van der Waals surface area contributed by atoms with Crippen molar-refractivity contribution < 1.29 is 0 Å². The molecule has 0 saturated carbocycles. The molecule has 68 valence electrons. The van der Waals surface area contributed by atoms with E-state index in [1.807, 2.05) is 14.0 Å². The van der Waals surface area contributed by atoms with Crippen LogP contribution in [0.4, 0.5) is 0 Å². The van der Waals surface area contributed by atoms with Gasteiger partial charge in [-0.25, -0.2) is 0 Å². The van der Waals surface area contributed by atoms with E-state index in [9.17, 15) is 0 Å². The first-order valence-electron chi connectivity index (χ1n) is 4.49. The van der Waals surface area contributed by atoms with Crippen LogP contribution in [0.25, 0.3) is 10.9 Å². The lowest BCUT2D eigenvalue weighted by atomic mass is 10.1. The average Bonchev–Trinajstić information content (AvgIpc) is 2.47. The zero-order chi connectivity index (χ0) is 9.42. The quantitative estimate of drug-likeness (QED) is 0.706. The van der Waals surface area contributed by atoms with E-state index in [1.165, 1.54) is 16.5 Å². The molecule has 1 aromatic carbocycles. The van der Waals surface area contributed by atoms with Crippen LogP contribution in [0.15, 0.2) is 30.5 Å². The van der Waals surface area contributed by atoms with Gasteiger partial charge in [0.1, 0.15) is 0 Å². The van der Waals surface area contributed by atoms with Gasteiger partial charge in [-0.15, -0.1) is 0 Å². The van der Waals surface area contributed by atoms with Crippen LogP contribution in [-0.2, 0) is 7.05 Å². The van der Waals surface area contributed by atoms with Crippen LogP contribution in [0.5, 0.6) is 0 Å². The van der Waals surface area contributed by atoms with Gasteiger partial charge in [0, 0.05) is 24.8 Å². The number of benzene rings is 1. The van der Waals surface area contributed by atoms with Crippen molar-refractivity contribution in [3.63, 3.8) is 0 Å². The molecule has 13 heavy (non-hydrogen) atoms. The Bertz CT molecular complexity index is 427. The highest BCUT2D eigenvalue weighted by atomic mass is 14.9. The van der Waals surface area contributed by atoms with Crippen molar-refractivity contribution in [2.24, 2.45) is 12.8 Å². The standard InChI is InChI=1S/C11H14N2/c1-8(12)9-3-4-11-10(7-9)5-6-13(11)2/h3-8H,12H2,1-2H3/t8-/m1/s1. The van der Waals surface area contributed by atoms with Crippen LogP contribution in [0.1, 0.15) is 18.5 Å². The maximum atomic E-state index is 5.80. The lowest BCUT2D eigenvalue weighted by Gasteiger charge is -2.05. The van der Waals surface area contributed by atoms with Gasteiger partial charge in [-0.05, 0) is 36.1 Å². The van der Waals surface area contributed by atoms with Crippen LogP contribution < -0.4 is 5.73 Å². The molecule has 2 rings (SSSR count). The van der Waals surface area contributed by atoms with Crippen molar-refractivity contribution in [2.75, 3.05) is 0 Å². The van der Waals surface area contributed by atoms with E-state index in [1.54, 1.807) is 0 Å². The molecule has 0 fully saturated rings. The molecule has 2 heteroatoms. The van der Waals surface area contributed by atoms with Crippen LogP contribution >= 0.6 is 0 Å². The minimum absolute atomic E-state index is 0.115. The number of aromatic nitrogens is 1. The summed E-state index contributed by atoms with van der Waals surface area (Å²) in [6.07, 6.45) is 2.07. The van der Waals surface area contributed by atoms with Gasteiger partial charge in [0.2, 0.25) is 0 Å². The predicted octanol–water partition coefficient (Wildman–Crippen LogP) is 2.20. The third-order valence-corrected chi connectivity index (χ3v) is 2.44. The van der Waals surface area contributed by atoms with Gasteiger partial charge in [-0.3, -0.25) is 0 Å². The monoisotopic (exact) mass is 174 g/mol. The van der Waals surface area contributed by atoms with Crippen molar-refractivity contribution >= 4 is 10.9 Å². The van der Waals surface area contributed by atoms with E-state index in [4.69, 9.17) is 5.73 Å². The topological polar surface area (TPSA) is 30.9 Å². The molecular formula is C11H14N2. The second-order valence-corrected chi connectivity index (χ2v) is 3.53. The van der Waals surface area contributed by atoms with E-state index in [0.29, 0.717) is 0 Å². The third kappa shape index (κ3) is 1.33. The molecule has 0 unspecified atom stereocenters. The first-order chi connectivity index (χ1) is 6.18. The van der Waals surface area contributed by atoms with Gasteiger partial charge >= 0.3 is 0 Å². The Kier molecular flexibility index (Phi) is 1.85. The van der Waals surface area contributed by atoms with Gasteiger partial charge in [-0.1, -0.05) is 6.07 Å². The number of hydrogen-bond donors (Lipinski definition) is 1. The molecule has 0 saturated heterocycles. The molecule has 1 atom stereocenters. The molecule has 0 aliphatic heterocycles. The second kappa shape index (κ2) is 2.89. The molecule has 1 heterocycles. The number of nitrogens with two attached hydrogens (primary N) is 1. The number of fused-ring (bicyclic) bond motifs is 1. The van der Waals surface area contributed by atoms with Gasteiger partial charge in [0.25, 0.3) is 0 Å². The summed E-state index contributed by atoms with van der Waals surface area (Å²) >= 11 is 0. The smallest absolute Gasteiger partial charge is 0.0477 e. The Morgan fingerprint density at radius 2 is 2.08 bits per heavy atom. The summed E-state index contributed by atoms with van der Waals surface area (Å²) in [4.78, 5) is 0. The molecule has 2 nitrogen and oxygen atoms in total. The van der Waals surface area contributed by atoms with E-state index < -0.39 is 0 Å². The van der Waals surface area contributed by atoms with Crippen molar-refractivity contribution in [2.45, 2.75) is 13.0 Å². The van der Waals surface area contributed by atoms with Crippen LogP contribution in [0.3, 0.4) is 0 Å². The molecule has 0 amide bonds. The van der Waals surface area contributed by atoms with Gasteiger partial charge in [0.15, 0.2) is 0 Å². The number of aryl methyl sites for hydroxylation is 1. The molecule has 1 aromatic heterocycles. The van der Waals surface area contributed by atoms with Gasteiger partial charge in [-0.2, -0.15) is 0 Å². The molecule has 0 spiro atoms. The van der Waals surface area contributed by atoms with Crippen molar-refractivity contribution in [1.29, 1.82) is 0 Å². The zero-order valence-electron chi connectivity index (χ0n) is 7.99. The summed E-state index contributed by atoms with van der Waals surface area (Å²) in [6, 6.07) is 8.59. The fourth-order valence-electron chi connectivity index (χ4n) is 1.58. The Labute approximate surface area is 78.0 Å². The first-order valence-corrected chi connectivity index (χ1v) is 4.49. The summed E-state index contributed by atoms with van der Waals surface area (Å²) in [7, 11) is 2.05. The Hall–Kier alpha value is -1.28. The Morgan fingerprint density at radius 1 is 1.31 bits per heavy atom. The van der Waals surface area contributed by atoms with E-state index in [-0.39, 0.29) is 6.04 Å². The normalized spacial score (nSPS) is 13.5. The maximum Gasteiger partial charge on any atom is 0.0477 e. The maximum absolute atomic E-state index is 5.80. The average molecular weight is 174 g/mol. The fourth-order valence-corrected chi connectivity index (χ4v) is 1.58. The summed E-state index contributed by atoms with van der Waals surface area (Å²) in [5.41, 5.74) is 8.25. The van der Waals surface area contributed by atoms with Gasteiger partial charge < -0.3 is 10.3 Å². The van der Waals surface area contributed by atoms with Crippen molar-refractivity contribution in [3.05, 3.63) is 36.0 Å². The highest BCUT2D eigenvalue weighted by molar-refractivity contribution is 5.80. The highest BCUT2D eigenvalue weighted by Crippen LogP contribution is 2.19. The van der Waals surface area contributed by atoms with Crippen molar-refractivity contribution in [1.82, 2.24) is 4.57 Å². The molecule has 0 aliphatic carbocycles. The van der Waals surface area contributed by atoms with Crippen LogP contribution in [0, 0.1) is 0 Å². The summed E-state index contributed by atoms with van der Waals surface area (Å²) < 4.78 is 2.11. The molecular weight excluding hydrogens is 160 g/mol. The summed E-state index contributed by atoms with van der Waals surface area (Å²) in [6.45, 7) is 2.00. The SMILES string of the molecule is C[C@@H](N)c1ccc2c(ccn2C)c1. The van der Waals surface area contributed by atoms with Crippen LogP contribution in [-0.4, -0.2) is 4.57 Å². The third-order valence-electron chi connectivity index (χ3n) is 2.44. The minimum Gasteiger partial charge on any atom is -0.351 e. The Balaban J connectivity index is 2.63. The minimum atomic E-state index is 0.115. The second-order valence-electron chi connectivity index (χ2n) is 3.53. The zero-order valence-corrected chi connectivity index (χ0v) is 7.99. The molecule has 0 bridgehead atoms. The van der Waals surface area contributed by atoms with Crippen LogP contribution in [0.2, 0.25) is 0 Å². The Morgan fingerprint density at radius 3 is 2.77 bits per heavy atom. The predicted molar refractivity (Wildman–Crippen MR) is 55.5 cm³/mol. The lowest BCUT2D eigenvalue weighted by molar-refractivity contribution is 0.819. The fraction of sp³-hybridized carbons (Fsp3) is 0.273. The van der Waals surface area contributed by atoms with Gasteiger partial charge in [0.05, 0.1) is 0 Å². The molecule has 2 N–H and O–H groups in total. The number of nitrogens with zero attached hydrogens (tertiary/aromatic N) is 1. The number of hydrogen-bond acceptors (Lipinski definition) is 1. The van der Waals surface area contributed by atoms with E-state index in [0.717, 1.165) is 0 Å². The molecule has 0 radical (unpaired) electrons. The summed E-state index contributed by atoms with van der Waals surface area (Å²) in [5.74, 6) is 0. The highest BCUT2D eigenvalue weighted by Gasteiger charge is 2.02. The first kappa shape index (κ1) is 8.32. The van der Waals surface area contributed by atoms with Crippen molar-refractivity contribution in [3.8, 4) is 0 Å². The summed E-state index contributed by atoms with van der Waals surface area (Å²) in [5, 5.41) is 1.26. The number of rotatable bonds is 1. The molecule has 2 aromatic rings. The molecule has 0 aliphatic rings. The van der Waals surface area contributed by atoms with E-state index in [2.05, 4.69) is 35.0 Å².